The predicted molar refractivity (Wildman–Crippen MR) is 330 cm³/mol. The van der Waals surface area contributed by atoms with E-state index in [1.54, 1.807) is 0 Å². The molecule has 79 heavy (non-hydrogen) atoms. The van der Waals surface area contributed by atoms with E-state index in [1.165, 1.54) is 89.3 Å². The van der Waals surface area contributed by atoms with Crippen molar-refractivity contribution in [1.29, 1.82) is 0 Å². The van der Waals surface area contributed by atoms with E-state index in [9.17, 15) is 0 Å². The predicted octanol–water partition coefficient (Wildman–Crippen LogP) is 20.7. The highest BCUT2D eigenvalue weighted by Crippen LogP contribution is 2.62. The molecule has 0 fully saturated rings. The van der Waals surface area contributed by atoms with Gasteiger partial charge < -0.3 is 14.5 Å². The third-order valence-electron chi connectivity index (χ3n) is 16.9. The molecule has 3 aliphatic rings. The Morgan fingerprint density at radius 1 is 0.380 bits per heavy atom. The van der Waals surface area contributed by atoms with E-state index in [0.717, 1.165) is 45.4 Å². The van der Waals surface area contributed by atoms with Gasteiger partial charge in [-0.1, -0.05) is 208 Å². The number of anilines is 6. The Morgan fingerprint density at radius 2 is 0.785 bits per heavy atom. The van der Waals surface area contributed by atoms with Gasteiger partial charge in [0.1, 0.15) is 11.5 Å². The molecule has 0 amide bonds. The molecule has 14 rings (SSSR count). The molecule has 0 saturated carbocycles. The molecule has 0 unspecified atom stereocenters. The van der Waals surface area contributed by atoms with E-state index in [0.29, 0.717) is 0 Å². The van der Waals surface area contributed by atoms with E-state index < -0.39 is 5.41 Å². The van der Waals surface area contributed by atoms with Gasteiger partial charge in [-0.15, -0.1) is 0 Å². The minimum Gasteiger partial charge on any atom is -0.457 e. The summed E-state index contributed by atoms with van der Waals surface area (Å²) in [5.74, 6) is 1.81. The lowest BCUT2D eigenvalue weighted by atomic mass is 9.65. The SMILES string of the molecule is C/C=C\C1=C(C)c2ccc(-c3ccc4c(c3)C(C)(C)c3ccccc3N4c3ccc(-c4ccc(N(c5ccc(-c6ccccc6)cc5)c5ccc(-c6ccccc6)cc5)cc4)cc3)cc2C12c1ccccc1Oc1ccccc12. The molecule has 0 N–H and O–H groups in total. The number of fused-ring (bicyclic) bond motifs is 8. The van der Waals surface area contributed by atoms with Crippen LogP contribution in [0.1, 0.15) is 61.1 Å². The summed E-state index contributed by atoms with van der Waals surface area (Å²) in [6.07, 6.45) is 4.50. The second kappa shape index (κ2) is 19.1. The molecule has 3 heteroatoms. The minimum absolute atomic E-state index is 0.268. The Balaban J connectivity index is 0.807. The normalized spacial score (nSPS) is 14.3. The number of rotatable bonds is 9. The Kier molecular flexibility index (Phi) is 11.5. The Labute approximate surface area is 464 Å². The van der Waals surface area contributed by atoms with Gasteiger partial charge in [-0.25, -0.2) is 0 Å². The molecule has 0 aromatic heterocycles. The van der Waals surface area contributed by atoms with Crippen molar-refractivity contribution in [1.82, 2.24) is 0 Å². The van der Waals surface area contributed by atoms with Crippen molar-refractivity contribution in [3.63, 3.8) is 0 Å². The number of para-hydroxylation sites is 3. The number of benzene rings is 11. The third kappa shape index (κ3) is 7.79. The molecule has 0 atom stereocenters. The van der Waals surface area contributed by atoms with Crippen molar-refractivity contribution in [2.75, 3.05) is 9.80 Å². The van der Waals surface area contributed by atoms with Crippen LogP contribution in [0.2, 0.25) is 0 Å². The average Bonchev–Trinajstić information content (AvgIpc) is 2.94. The quantitative estimate of drug-likeness (QED) is 0.143. The van der Waals surface area contributed by atoms with Crippen molar-refractivity contribution in [3.8, 4) is 56.0 Å². The van der Waals surface area contributed by atoms with Crippen LogP contribution in [0.3, 0.4) is 0 Å². The van der Waals surface area contributed by atoms with E-state index in [4.69, 9.17) is 4.74 Å². The number of nitrogens with zero attached hydrogens (tertiary/aromatic N) is 2. The molecule has 3 nitrogen and oxygen atoms in total. The molecule has 1 aliphatic carbocycles. The van der Waals surface area contributed by atoms with Crippen LogP contribution >= 0.6 is 0 Å². The summed E-state index contributed by atoms with van der Waals surface area (Å²) in [5.41, 5.74) is 25.6. The number of ether oxygens (including phenoxy) is 1. The van der Waals surface area contributed by atoms with Crippen LogP contribution in [0.15, 0.2) is 285 Å². The van der Waals surface area contributed by atoms with Crippen LogP contribution in [0.4, 0.5) is 34.1 Å². The van der Waals surface area contributed by atoms with Gasteiger partial charge in [0.15, 0.2) is 0 Å². The third-order valence-corrected chi connectivity index (χ3v) is 16.9. The highest BCUT2D eigenvalue weighted by molar-refractivity contribution is 5.92. The lowest BCUT2D eigenvalue weighted by Crippen LogP contribution is -2.32. The van der Waals surface area contributed by atoms with Gasteiger partial charge in [0.05, 0.1) is 16.8 Å². The maximum Gasteiger partial charge on any atom is 0.132 e. The highest BCUT2D eigenvalue weighted by Gasteiger charge is 2.51. The maximum absolute atomic E-state index is 6.66. The first-order valence-electron chi connectivity index (χ1n) is 27.5. The monoisotopic (exact) mass is 1010 g/mol. The van der Waals surface area contributed by atoms with Crippen LogP contribution in [0.5, 0.6) is 11.5 Å². The van der Waals surface area contributed by atoms with Crippen molar-refractivity contribution in [2.45, 2.75) is 38.5 Å². The molecule has 0 bridgehead atoms. The lowest BCUT2D eigenvalue weighted by molar-refractivity contribution is 0.436. The standard InChI is InChI=1S/C76H58N2O/c1-5-18-65-51(2)64-47-37-58(49-69(64)76(65)67-24-13-16-27-73(67)79-74-28-17-14-25-68(74)76)59-38-48-72-70(50-59)75(3,4)66-23-12-15-26-71(66)78(72)63-45-35-57(36-46-63)56-33-43-62(44-34-56)77(60-39-29-54(30-40-60)52-19-8-6-9-20-52)61-41-31-55(32-42-61)53-21-10-7-11-22-53/h5-50H,1-4H3/b18-5-. The van der Waals surface area contributed by atoms with Gasteiger partial charge in [-0.3, -0.25) is 0 Å². The molecule has 0 radical (unpaired) electrons. The van der Waals surface area contributed by atoms with E-state index in [2.05, 4.69) is 317 Å². The summed E-state index contributed by atoms with van der Waals surface area (Å²) in [6, 6.07) is 97.5. The molecule has 1 spiro atoms. The Bertz CT molecular complexity index is 4040. The molecular weight excluding hydrogens is 957 g/mol. The number of hydrogen-bond acceptors (Lipinski definition) is 3. The molecule has 0 saturated heterocycles. The fourth-order valence-corrected chi connectivity index (χ4v) is 13.0. The summed E-state index contributed by atoms with van der Waals surface area (Å²) in [5, 5.41) is 0. The van der Waals surface area contributed by atoms with Gasteiger partial charge in [-0.2, -0.15) is 0 Å². The van der Waals surface area contributed by atoms with Gasteiger partial charge in [0.25, 0.3) is 0 Å². The molecule has 11 aromatic rings. The number of allylic oxidation sites excluding steroid dienone is 4. The molecular formula is C76H58N2O. The van der Waals surface area contributed by atoms with Crippen molar-refractivity contribution < 1.29 is 4.74 Å². The van der Waals surface area contributed by atoms with Gasteiger partial charge in [0.2, 0.25) is 0 Å². The first-order chi connectivity index (χ1) is 38.8. The fourth-order valence-electron chi connectivity index (χ4n) is 13.0. The summed E-state index contributed by atoms with van der Waals surface area (Å²) in [6.45, 7) is 9.16. The van der Waals surface area contributed by atoms with Crippen molar-refractivity contribution >= 4 is 39.7 Å². The van der Waals surface area contributed by atoms with Crippen LogP contribution in [-0.2, 0) is 10.8 Å². The largest absolute Gasteiger partial charge is 0.457 e. The summed E-state index contributed by atoms with van der Waals surface area (Å²) >= 11 is 0. The highest BCUT2D eigenvalue weighted by atomic mass is 16.5. The lowest BCUT2D eigenvalue weighted by Gasteiger charge is -2.42. The maximum atomic E-state index is 6.66. The van der Waals surface area contributed by atoms with Crippen molar-refractivity contribution in [3.05, 3.63) is 318 Å². The van der Waals surface area contributed by atoms with Gasteiger partial charge in [-0.05, 0) is 177 Å². The zero-order valence-corrected chi connectivity index (χ0v) is 44.9. The summed E-state index contributed by atoms with van der Waals surface area (Å²) < 4.78 is 6.66. The van der Waals surface area contributed by atoms with Crippen molar-refractivity contribution in [2.24, 2.45) is 0 Å². The first kappa shape index (κ1) is 47.7. The van der Waals surface area contributed by atoms with E-state index >= 15 is 0 Å². The summed E-state index contributed by atoms with van der Waals surface area (Å²) in [7, 11) is 0. The van der Waals surface area contributed by atoms with E-state index in [1.807, 2.05) is 0 Å². The second-order valence-corrected chi connectivity index (χ2v) is 21.6. The van der Waals surface area contributed by atoms with E-state index in [-0.39, 0.29) is 5.41 Å². The smallest absolute Gasteiger partial charge is 0.132 e. The molecule has 2 heterocycles. The topological polar surface area (TPSA) is 15.7 Å². The Morgan fingerprint density at radius 3 is 1.30 bits per heavy atom. The Hall–Kier alpha value is -9.70. The summed E-state index contributed by atoms with van der Waals surface area (Å²) in [4.78, 5) is 4.81. The van der Waals surface area contributed by atoms with Crippen LogP contribution in [0, 0.1) is 0 Å². The zero-order valence-electron chi connectivity index (χ0n) is 44.9. The number of hydrogen-bond donors (Lipinski definition) is 0. The average molecular weight is 1020 g/mol. The van der Waals surface area contributed by atoms with Crippen LogP contribution < -0.4 is 14.5 Å². The van der Waals surface area contributed by atoms with Gasteiger partial charge >= 0.3 is 0 Å². The molecule has 2 aliphatic heterocycles. The zero-order chi connectivity index (χ0) is 53.2. The molecule has 378 valence electrons. The van der Waals surface area contributed by atoms with Crippen LogP contribution in [-0.4, -0.2) is 0 Å². The minimum atomic E-state index is -0.531. The first-order valence-corrected chi connectivity index (χ1v) is 27.5. The van der Waals surface area contributed by atoms with Gasteiger partial charge in [0, 0.05) is 39.3 Å². The molecule has 11 aromatic carbocycles. The second-order valence-electron chi connectivity index (χ2n) is 21.6. The fraction of sp³-hybridized carbons (Fsp3) is 0.0789. The van der Waals surface area contributed by atoms with Crippen LogP contribution in [0.25, 0.3) is 50.1 Å².